The van der Waals surface area contributed by atoms with Gasteiger partial charge in [0.25, 0.3) is 0 Å². The molecule has 0 saturated carbocycles. The van der Waals surface area contributed by atoms with Crippen molar-refractivity contribution in [2.24, 2.45) is 4.99 Å². The molecule has 1 N–H and O–H groups in total. The van der Waals surface area contributed by atoms with Gasteiger partial charge in [-0.05, 0) is 42.8 Å². The van der Waals surface area contributed by atoms with E-state index in [0.717, 1.165) is 15.8 Å². The van der Waals surface area contributed by atoms with Crippen molar-refractivity contribution < 1.29 is 14.3 Å². The van der Waals surface area contributed by atoms with Gasteiger partial charge in [-0.2, -0.15) is 0 Å². The Morgan fingerprint density at radius 2 is 1.96 bits per heavy atom. The molecule has 2 aromatic rings. The Labute approximate surface area is 160 Å². The van der Waals surface area contributed by atoms with Gasteiger partial charge in [0.05, 0.1) is 23.6 Å². The van der Waals surface area contributed by atoms with Crippen LogP contribution in [-0.2, 0) is 15.3 Å². The van der Waals surface area contributed by atoms with Crippen LogP contribution in [-0.4, -0.2) is 28.6 Å². The number of thioether (sulfide) groups is 2. The molecule has 0 spiro atoms. The lowest BCUT2D eigenvalue weighted by molar-refractivity contribution is -0.113. The number of nitrogens with zero attached hydrogens (tertiary/aromatic N) is 1. The second-order valence-corrected chi connectivity index (χ2v) is 7.62. The Hall–Kier alpha value is -2.25. The lowest BCUT2D eigenvalue weighted by Crippen LogP contribution is -2.15. The monoisotopic (exact) mass is 386 g/mol. The number of para-hydroxylation sites is 1. The highest BCUT2D eigenvalue weighted by Gasteiger charge is 2.14. The zero-order valence-electron chi connectivity index (χ0n) is 14.2. The van der Waals surface area contributed by atoms with E-state index < -0.39 is 0 Å². The second-order valence-electron chi connectivity index (χ2n) is 5.43. The fourth-order valence-electron chi connectivity index (χ4n) is 2.31. The van der Waals surface area contributed by atoms with Crippen molar-refractivity contribution in [1.82, 2.24) is 0 Å². The summed E-state index contributed by atoms with van der Waals surface area (Å²) in [5.74, 6) is 0.682. The number of amides is 1. The highest BCUT2D eigenvalue weighted by molar-refractivity contribution is 8.38. The maximum absolute atomic E-state index is 12.1. The van der Waals surface area contributed by atoms with Gasteiger partial charge in [0.2, 0.25) is 5.91 Å². The highest BCUT2D eigenvalue weighted by Crippen LogP contribution is 2.34. The summed E-state index contributed by atoms with van der Waals surface area (Å²) >= 11 is 3.08. The fraction of sp³-hybridized carbons (Fsp3) is 0.211. The van der Waals surface area contributed by atoms with E-state index in [4.69, 9.17) is 4.74 Å². The van der Waals surface area contributed by atoms with Crippen LogP contribution >= 0.6 is 23.5 Å². The van der Waals surface area contributed by atoms with Crippen LogP contribution < -0.4 is 5.32 Å². The number of carbonyl (C=O) groups is 2. The Bertz CT molecular complexity index is 835. The first kappa shape index (κ1) is 18.5. The molecule has 134 valence electrons. The molecule has 0 atom stereocenters. The van der Waals surface area contributed by atoms with Gasteiger partial charge >= 0.3 is 5.97 Å². The molecule has 0 unspecified atom stereocenters. The summed E-state index contributed by atoms with van der Waals surface area (Å²) in [4.78, 5) is 28.3. The zero-order chi connectivity index (χ0) is 18.4. The van der Waals surface area contributed by atoms with Crippen LogP contribution in [0, 0.1) is 0 Å². The molecule has 7 heteroatoms. The van der Waals surface area contributed by atoms with Crippen LogP contribution in [0.15, 0.2) is 53.5 Å². The third-order valence-corrected chi connectivity index (χ3v) is 5.81. The third kappa shape index (κ3) is 4.89. The Kier molecular flexibility index (Phi) is 6.35. The number of aliphatic imine (C=N–C) groups is 1. The third-order valence-electron chi connectivity index (χ3n) is 3.56. The molecular formula is C19H18N2O3S2. The summed E-state index contributed by atoms with van der Waals surface area (Å²) in [6.07, 6.45) is 0. The zero-order valence-corrected chi connectivity index (χ0v) is 15.9. The van der Waals surface area contributed by atoms with Crippen LogP contribution in [0.2, 0.25) is 0 Å². The number of hydrogen-bond acceptors (Lipinski definition) is 6. The Morgan fingerprint density at radius 1 is 1.19 bits per heavy atom. The van der Waals surface area contributed by atoms with Gasteiger partial charge in [0.1, 0.15) is 4.38 Å². The van der Waals surface area contributed by atoms with Gasteiger partial charge < -0.3 is 10.1 Å². The van der Waals surface area contributed by atoms with Crippen molar-refractivity contribution in [2.75, 3.05) is 17.7 Å². The van der Waals surface area contributed by atoms with E-state index >= 15 is 0 Å². The number of rotatable bonds is 5. The van der Waals surface area contributed by atoms with E-state index in [-0.39, 0.29) is 17.6 Å². The smallest absolute Gasteiger partial charge is 0.338 e. The number of esters is 1. The van der Waals surface area contributed by atoms with Crippen molar-refractivity contribution in [3.63, 3.8) is 0 Å². The lowest BCUT2D eigenvalue weighted by atomic mass is 10.2. The maximum Gasteiger partial charge on any atom is 0.338 e. The number of fused-ring (bicyclic) bond motifs is 1. The molecule has 0 bridgehead atoms. The van der Waals surface area contributed by atoms with Crippen LogP contribution in [0.4, 0.5) is 11.4 Å². The van der Waals surface area contributed by atoms with Crippen molar-refractivity contribution in [3.8, 4) is 0 Å². The first-order valence-electron chi connectivity index (χ1n) is 8.15. The maximum atomic E-state index is 12.1. The minimum atomic E-state index is -0.367. The van der Waals surface area contributed by atoms with E-state index in [1.807, 2.05) is 18.2 Å². The van der Waals surface area contributed by atoms with Crippen LogP contribution in [0.1, 0.15) is 22.8 Å². The van der Waals surface area contributed by atoms with Gasteiger partial charge in [0, 0.05) is 11.4 Å². The van der Waals surface area contributed by atoms with Crippen molar-refractivity contribution in [2.45, 2.75) is 12.7 Å². The minimum Gasteiger partial charge on any atom is -0.462 e. The number of nitrogens with one attached hydrogen (secondary N) is 1. The second kappa shape index (κ2) is 8.91. The molecule has 0 saturated heterocycles. The summed E-state index contributed by atoms with van der Waals surface area (Å²) in [5, 5.41) is 2.82. The predicted octanol–water partition coefficient (Wildman–Crippen LogP) is 4.47. The number of ether oxygens (including phenoxy) is 1. The van der Waals surface area contributed by atoms with Gasteiger partial charge in [-0.15, -0.1) is 0 Å². The molecule has 1 amide bonds. The molecular weight excluding hydrogens is 368 g/mol. The van der Waals surface area contributed by atoms with Gasteiger partial charge in [-0.25, -0.2) is 9.79 Å². The van der Waals surface area contributed by atoms with Crippen LogP contribution in [0.5, 0.6) is 0 Å². The number of benzene rings is 2. The molecule has 3 rings (SSSR count). The molecule has 0 fully saturated rings. The van der Waals surface area contributed by atoms with Gasteiger partial charge in [-0.3, -0.25) is 4.79 Å². The molecule has 1 aliphatic rings. The lowest BCUT2D eigenvalue weighted by Gasteiger charge is -2.14. The molecule has 2 aromatic carbocycles. The molecule has 1 aliphatic heterocycles. The first-order chi connectivity index (χ1) is 12.7. The highest BCUT2D eigenvalue weighted by atomic mass is 32.2. The Morgan fingerprint density at radius 3 is 2.73 bits per heavy atom. The van der Waals surface area contributed by atoms with E-state index in [2.05, 4.69) is 16.4 Å². The van der Waals surface area contributed by atoms with Crippen molar-refractivity contribution in [3.05, 3.63) is 59.7 Å². The number of hydrogen-bond donors (Lipinski definition) is 1. The van der Waals surface area contributed by atoms with Crippen LogP contribution in [0.3, 0.4) is 0 Å². The van der Waals surface area contributed by atoms with Crippen LogP contribution in [0.25, 0.3) is 0 Å². The average molecular weight is 386 g/mol. The normalized spacial score (nSPS) is 12.7. The van der Waals surface area contributed by atoms with Crippen molar-refractivity contribution >= 4 is 51.2 Å². The minimum absolute atomic E-state index is 0.110. The summed E-state index contributed by atoms with van der Waals surface area (Å²) < 4.78 is 5.83. The Balaban J connectivity index is 1.52. The van der Waals surface area contributed by atoms with E-state index in [1.165, 1.54) is 17.3 Å². The van der Waals surface area contributed by atoms with E-state index in [1.54, 1.807) is 43.0 Å². The predicted molar refractivity (Wildman–Crippen MR) is 108 cm³/mol. The standard InChI is InChI=1S/C19H18N2O3S2/c1-2-24-18(23)13-7-9-15(10-8-13)20-17(22)12-26-19-21-16-6-4-3-5-14(16)11-25-19/h3-10H,2,11-12H2,1H3,(H,20,22). The number of anilines is 1. The summed E-state index contributed by atoms with van der Waals surface area (Å²) in [7, 11) is 0. The first-order valence-corrected chi connectivity index (χ1v) is 10.1. The summed E-state index contributed by atoms with van der Waals surface area (Å²) in [6.45, 7) is 2.10. The molecule has 1 heterocycles. The van der Waals surface area contributed by atoms with Gasteiger partial charge in [-0.1, -0.05) is 41.7 Å². The quantitative estimate of drug-likeness (QED) is 0.768. The summed E-state index contributed by atoms with van der Waals surface area (Å²) in [6, 6.07) is 14.7. The fourth-order valence-corrected chi connectivity index (χ4v) is 4.18. The topological polar surface area (TPSA) is 67.8 Å². The molecule has 0 radical (unpaired) electrons. The SMILES string of the molecule is CCOC(=O)c1ccc(NC(=O)CSC2=Nc3ccccc3CS2)cc1. The summed E-state index contributed by atoms with van der Waals surface area (Å²) in [5.41, 5.74) is 3.30. The van der Waals surface area contributed by atoms with Crippen molar-refractivity contribution in [1.29, 1.82) is 0 Å². The number of carbonyl (C=O) groups excluding carboxylic acids is 2. The van der Waals surface area contributed by atoms with Gasteiger partial charge in [0.15, 0.2) is 0 Å². The largest absolute Gasteiger partial charge is 0.462 e. The molecule has 26 heavy (non-hydrogen) atoms. The molecule has 0 aromatic heterocycles. The average Bonchev–Trinajstić information content (AvgIpc) is 2.67. The molecule has 0 aliphatic carbocycles. The van der Waals surface area contributed by atoms with E-state index in [0.29, 0.717) is 17.9 Å². The molecule has 5 nitrogen and oxygen atoms in total. The van der Waals surface area contributed by atoms with E-state index in [9.17, 15) is 9.59 Å².